The Balaban J connectivity index is 1.96. The monoisotopic (exact) mass is 257 g/mol. The summed E-state index contributed by atoms with van der Waals surface area (Å²) in [5.41, 5.74) is 1.40. The molecule has 0 spiro atoms. The van der Waals surface area contributed by atoms with Gasteiger partial charge in [-0.25, -0.2) is 4.98 Å². The second-order valence-corrected chi connectivity index (χ2v) is 5.33. The van der Waals surface area contributed by atoms with Crippen LogP contribution in [0.3, 0.4) is 0 Å². The van der Waals surface area contributed by atoms with E-state index in [1.54, 1.807) is 0 Å². The zero-order chi connectivity index (χ0) is 13.7. The van der Waals surface area contributed by atoms with Crippen molar-refractivity contribution in [3.05, 3.63) is 48.3 Å². The van der Waals surface area contributed by atoms with Crippen LogP contribution in [-0.2, 0) is 6.42 Å². The summed E-state index contributed by atoms with van der Waals surface area (Å²) >= 11 is 0. The van der Waals surface area contributed by atoms with Crippen molar-refractivity contribution in [3.8, 4) is 0 Å². The summed E-state index contributed by atoms with van der Waals surface area (Å²) in [6.07, 6.45) is 6.14. The highest BCUT2D eigenvalue weighted by Crippen LogP contribution is 2.19. The van der Waals surface area contributed by atoms with Gasteiger partial charge in [-0.05, 0) is 39.2 Å². The Bertz CT molecular complexity index is 488. The minimum Gasteiger partial charge on any atom is -0.353 e. The number of nitrogens with zero attached hydrogens (tertiary/aromatic N) is 2. The van der Waals surface area contributed by atoms with Crippen LogP contribution in [0, 0.1) is 0 Å². The number of aromatic nitrogens is 2. The molecule has 102 valence electrons. The van der Waals surface area contributed by atoms with Crippen LogP contribution in [0.15, 0.2) is 42.7 Å². The largest absolute Gasteiger partial charge is 0.353 e. The van der Waals surface area contributed by atoms with Crippen LogP contribution in [0.4, 0.5) is 5.95 Å². The Hall–Kier alpha value is -1.77. The molecule has 2 rings (SSSR count). The highest BCUT2D eigenvalue weighted by atomic mass is 15.2. The van der Waals surface area contributed by atoms with Gasteiger partial charge in [-0.2, -0.15) is 0 Å². The number of anilines is 1. The highest BCUT2D eigenvalue weighted by molar-refractivity contribution is 5.27. The molecule has 0 radical (unpaired) electrons. The zero-order valence-electron chi connectivity index (χ0n) is 12.0. The fourth-order valence-electron chi connectivity index (χ4n) is 2.20. The first-order valence-corrected chi connectivity index (χ1v) is 7.00. The molecule has 0 saturated heterocycles. The molecule has 2 aromatic rings. The van der Waals surface area contributed by atoms with Gasteiger partial charge >= 0.3 is 0 Å². The summed E-state index contributed by atoms with van der Waals surface area (Å²) in [5.74, 6) is 0.968. The number of rotatable bonds is 6. The van der Waals surface area contributed by atoms with E-state index < -0.39 is 0 Å². The second kappa shape index (κ2) is 6.41. The van der Waals surface area contributed by atoms with Gasteiger partial charge in [0.2, 0.25) is 5.95 Å². The number of hydrogen-bond donors (Lipinski definition) is 1. The van der Waals surface area contributed by atoms with Gasteiger partial charge in [0.25, 0.3) is 0 Å². The van der Waals surface area contributed by atoms with Gasteiger partial charge in [0.15, 0.2) is 0 Å². The molecule has 3 nitrogen and oxygen atoms in total. The molecule has 1 aromatic carbocycles. The molecule has 0 fully saturated rings. The third-order valence-electron chi connectivity index (χ3n) is 3.25. The number of imidazole rings is 1. The number of aryl methyl sites for hydroxylation is 1. The number of nitrogens with one attached hydrogen (secondary N) is 1. The molecule has 19 heavy (non-hydrogen) atoms. The fourth-order valence-corrected chi connectivity index (χ4v) is 2.20. The van der Waals surface area contributed by atoms with E-state index in [1.807, 2.05) is 6.20 Å². The highest BCUT2D eigenvalue weighted by Gasteiger charge is 2.10. The maximum Gasteiger partial charge on any atom is 0.203 e. The minimum absolute atomic E-state index is 0.405. The third-order valence-corrected chi connectivity index (χ3v) is 3.25. The Labute approximate surface area is 115 Å². The summed E-state index contributed by atoms with van der Waals surface area (Å²) < 4.78 is 2.23. The summed E-state index contributed by atoms with van der Waals surface area (Å²) in [6, 6.07) is 11.5. The van der Waals surface area contributed by atoms with Crippen LogP contribution in [0.1, 0.15) is 38.8 Å². The number of hydrogen-bond acceptors (Lipinski definition) is 2. The van der Waals surface area contributed by atoms with Crippen molar-refractivity contribution in [3.63, 3.8) is 0 Å². The first kappa shape index (κ1) is 13.7. The lowest BCUT2D eigenvalue weighted by molar-refractivity contribution is 0.509. The molecule has 1 N–H and O–H groups in total. The molecule has 1 atom stereocenters. The molecule has 1 aromatic heterocycles. The lowest BCUT2D eigenvalue weighted by Crippen LogP contribution is -2.16. The van der Waals surface area contributed by atoms with E-state index in [4.69, 9.17) is 0 Å². The molecule has 0 aliphatic carbocycles. The Morgan fingerprint density at radius 2 is 1.89 bits per heavy atom. The van der Waals surface area contributed by atoms with Crippen molar-refractivity contribution in [2.45, 2.75) is 45.7 Å². The third kappa shape index (κ3) is 3.85. The van der Waals surface area contributed by atoms with Gasteiger partial charge in [-0.15, -0.1) is 0 Å². The molecule has 0 aliphatic heterocycles. The van der Waals surface area contributed by atoms with Crippen LogP contribution >= 0.6 is 0 Å². The van der Waals surface area contributed by atoms with Gasteiger partial charge in [-0.1, -0.05) is 30.3 Å². The van der Waals surface area contributed by atoms with Gasteiger partial charge in [-0.3, -0.25) is 0 Å². The predicted octanol–water partition coefficient (Wildman–Crippen LogP) is 3.90. The molecular formula is C16H23N3. The van der Waals surface area contributed by atoms with Crippen LogP contribution in [0.2, 0.25) is 0 Å². The SMILES string of the molecule is CC(C)Nc1nccn1C(C)CCc1ccccc1. The lowest BCUT2D eigenvalue weighted by atomic mass is 10.1. The van der Waals surface area contributed by atoms with Gasteiger partial charge < -0.3 is 9.88 Å². The van der Waals surface area contributed by atoms with E-state index in [1.165, 1.54) is 5.56 Å². The second-order valence-electron chi connectivity index (χ2n) is 5.33. The van der Waals surface area contributed by atoms with Crippen LogP contribution in [-0.4, -0.2) is 15.6 Å². The van der Waals surface area contributed by atoms with Gasteiger partial charge in [0.1, 0.15) is 0 Å². The van der Waals surface area contributed by atoms with Crippen molar-refractivity contribution >= 4 is 5.95 Å². The standard InChI is InChI=1S/C16H23N3/c1-13(2)18-16-17-11-12-19(16)14(3)9-10-15-7-5-4-6-8-15/h4-8,11-14H,9-10H2,1-3H3,(H,17,18). The van der Waals surface area contributed by atoms with Crippen molar-refractivity contribution in [1.82, 2.24) is 9.55 Å². The molecule has 0 saturated carbocycles. The maximum absolute atomic E-state index is 4.38. The zero-order valence-corrected chi connectivity index (χ0v) is 12.0. The lowest BCUT2D eigenvalue weighted by Gasteiger charge is -2.18. The number of benzene rings is 1. The summed E-state index contributed by atoms with van der Waals surface area (Å²) in [5, 5.41) is 3.38. The van der Waals surface area contributed by atoms with Crippen LogP contribution in [0.5, 0.6) is 0 Å². The fraction of sp³-hybridized carbons (Fsp3) is 0.438. The average Bonchev–Trinajstić information content (AvgIpc) is 2.84. The molecule has 1 unspecified atom stereocenters. The average molecular weight is 257 g/mol. The Morgan fingerprint density at radius 1 is 1.16 bits per heavy atom. The summed E-state index contributed by atoms with van der Waals surface area (Å²) in [4.78, 5) is 4.38. The van der Waals surface area contributed by atoms with Crippen molar-refractivity contribution in [2.24, 2.45) is 0 Å². The quantitative estimate of drug-likeness (QED) is 0.850. The van der Waals surface area contributed by atoms with Gasteiger partial charge in [0.05, 0.1) is 0 Å². The van der Waals surface area contributed by atoms with Crippen molar-refractivity contribution in [1.29, 1.82) is 0 Å². The molecule has 0 bridgehead atoms. The molecule has 0 amide bonds. The first-order valence-electron chi connectivity index (χ1n) is 7.00. The molecular weight excluding hydrogens is 234 g/mol. The molecule has 1 heterocycles. The summed E-state index contributed by atoms with van der Waals surface area (Å²) in [7, 11) is 0. The van der Waals surface area contributed by atoms with Crippen molar-refractivity contribution in [2.75, 3.05) is 5.32 Å². The Kier molecular flexibility index (Phi) is 4.61. The van der Waals surface area contributed by atoms with E-state index in [2.05, 4.69) is 72.2 Å². The summed E-state index contributed by atoms with van der Waals surface area (Å²) in [6.45, 7) is 6.51. The van der Waals surface area contributed by atoms with Gasteiger partial charge in [0, 0.05) is 24.5 Å². The minimum atomic E-state index is 0.405. The maximum atomic E-state index is 4.38. The molecule has 3 heteroatoms. The Morgan fingerprint density at radius 3 is 2.58 bits per heavy atom. The van der Waals surface area contributed by atoms with Crippen LogP contribution < -0.4 is 5.32 Å². The van der Waals surface area contributed by atoms with E-state index in [0.29, 0.717) is 12.1 Å². The van der Waals surface area contributed by atoms with E-state index in [-0.39, 0.29) is 0 Å². The van der Waals surface area contributed by atoms with E-state index in [9.17, 15) is 0 Å². The predicted molar refractivity (Wildman–Crippen MR) is 80.5 cm³/mol. The first-order chi connectivity index (χ1) is 9.16. The van der Waals surface area contributed by atoms with E-state index >= 15 is 0 Å². The van der Waals surface area contributed by atoms with E-state index in [0.717, 1.165) is 18.8 Å². The smallest absolute Gasteiger partial charge is 0.203 e. The normalized spacial score (nSPS) is 12.6. The van der Waals surface area contributed by atoms with Crippen molar-refractivity contribution < 1.29 is 0 Å². The topological polar surface area (TPSA) is 29.9 Å². The molecule has 0 aliphatic rings. The van der Waals surface area contributed by atoms with Crippen LogP contribution in [0.25, 0.3) is 0 Å².